The van der Waals surface area contributed by atoms with Crippen LogP contribution in [0.25, 0.3) is 21.3 Å². The van der Waals surface area contributed by atoms with Crippen molar-refractivity contribution in [2.45, 2.75) is 6.61 Å². The van der Waals surface area contributed by atoms with Crippen LogP contribution in [0, 0.1) is 5.82 Å². The summed E-state index contributed by atoms with van der Waals surface area (Å²) in [6.07, 6.45) is 1.65. The first kappa shape index (κ1) is 11.3. The molecule has 0 unspecified atom stereocenters. The van der Waals surface area contributed by atoms with E-state index in [4.69, 9.17) is 0 Å². The lowest BCUT2D eigenvalue weighted by atomic mass is 10.0. The van der Waals surface area contributed by atoms with Gasteiger partial charge in [-0.05, 0) is 12.1 Å². The smallest absolute Gasteiger partial charge is 0.134 e. The molecule has 0 saturated heterocycles. The molecule has 0 amide bonds. The second-order valence-corrected chi connectivity index (χ2v) is 4.87. The van der Waals surface area contributed by atoms with E-state index in [1.807, 2.05) is 24.3 Å². The average molecular weight is 259 g/mol. The Hall–Kier alpha value is -1.78. The summed E-state index contributed by atoms with van der Waals surface area (Å²) in [6.45, 7) is -0.104. The van der Waals surface area contributed by atoms with Crippen molar-refractivity contribution in [3.05, 3.63) is 53.3 Å². The molecule has 2 aromatic heterocycles. The highest BCUT2D eigenvalue weighted by atomic mass is 32.1. The first-order chi connectivity index (χ1) is 8.79. The van der Waals surface area contributed by atoms with Gasteiger partial charge in [0.1, 0.15) is 5.82 Å². The fraction of sp³-hybridized carbons (Fsp3) is 0.0714. The Kier molecular flexibility index (Phi) is 2.81. The van der Waals surface area contributed by atoms with Gasteiger partial charge in [0, 0.05) is 33.0 Å². The van der Waals surface area contributed by atoms with Crippen molar-refractivity contribution in [1.82, 2.24) is 4.98 Å². The van der Waals surface area contributed by atoms with Crippen LogP contribution in [0.5, 0.6) is 0 Å². The Labute approximate surface area is 107 Å². The number of aliphatic hydroxyl groups excluding tert-OH is 1. The van der Waals surface area contributed by atoms with Crippen LogP contribution in [0.1, 0.15) is 5.56 Å². The molecule has 18 heavy (non-hydrogen) atoms. The Morgan fingerprint density at radius 3 is 2.83 bits per heavy atom. The Bertz CT molecular complexity index is 708. The molecule has 4 heteroatoms. The van der Waals surface area contributed by atoms with Gasteiger partial charge in [-0.2, -0.15) is 0 Å². The van der Waals surface area contributed by atoms with Crippen molar-refractivity contribution in [2.24, 2.45) is 0 Å². The Morgan fingerprint density at radius 1 is 1.28 bits per heavy atom. The summed E-state index contributed by atoms with van der Waals surface area (Å²) in [5, 5.41) is 11.8. The minimum Gasteiger partial charge on any atom is -0.392 e. The highest BCUT2D eigenvalue weighted by Gasteiger charge is 2.12. The van der Waals surface area contributed by atoms with Crippen LogP contribution < -0.4 is 0 Å². The number of hydrogen-bond donors (Lipinski definition) is 1. The zero-order valence-corrected chi connectivity index (χ0v) is 10.2. The predicted octanol–water partition coefficient (Wildman–Crippen LogP) is 3.59. The monoisotopic (exact) mass is 259 g/mol. The third-order valence-electron chi connectivity index (χ3n) is 2.84. The van der Waals surface area contributed by atoms with Crippen LogP contribution in [0.15, 0.2) is 41.9 Å². The van der Waals surface area contributed by atoms with Crippen LogP contribution in [0.2, 0.25) is 0 Å². The standard InChI is InChI=1S/C14H10FNOS/c15-10-5-13(18-8-10)14-9(7-17)6-16-12-4-2-1-3-11(12)14/h1-6,8,17H,7H2. The zero-order valence-electron chi connectivity index (χ0n) is 9.43. The molecule has 0 aliphatic rings. The maximum absolute atomic E-state index is 13.2. The van der Waals surface area contributed by atoms with Gasteiger partial charge >= 0.3 is 0 Å². The van der Waals surface area contributed by atoms with Gasteiger partial charge < -0.3 is 5.11 Å². The number of para-hydroxylation sites is 1. The molecule has 2 nitrogen and oxygen atoms in total. The molecule has 0 aliphatic carbocycles. The van der Waals surface area contributed by atoms with E-state index >= 15 is 0 Å². The fourth-order valence-corrected chi connectivity index (χ4v) is 2.88. The van der Waals surface area contributed by atoms with Gasteiger partial charge in [-0.25, -0.2) is 4.39 Å². The first-order valence-electron chi connectivity index (χ1n) is 5.51. The lowest BCUT2D eigenvalue weighted by Crippen LogP contribution is -1.92. The lowest BCUT2D eigenvalue weighted by Gasteiger charge is -2.08. The molecule has 0 saturated carbocycles. The van der Waals surface area contributed by atoms with Crippen LogP contribution >= 0.6 is 11.3 Å². The predicted molar refractivity (Wildman–Crippen MR) is 70.9 cm³/mol. The van der Waals surface area contributed by atoms with Crippen molar-refractivity contribution < 1.29 is 9.50 Å². The van der Waals surface area contributed by atoms with Crippen LogP contribution in [0.3, 0.4) is 0 Å². The number of hydrogen-bond acceptors (Lipinski definition) is 3. The van der Waals surface area contributed by atoms with Crippen molar-refractivity contribution in [3.8, 4) is 10.4 Å². The zero-order chi connectivity index (χ0) is 12.5. The van der Waals surface area contributed by atoms with E-state index < -0.39 is 0 Å². The van der Waals surface area contributed by atoms with E-state index in [1.54, 1.807) is 6.20 Å². The Balaban J connectivity index is 2.37. The SMILES string of the molecule is OCc1cnc2ccccc2c1-c1cc(F)cs1. The number of thiophene rings is 1. The van der Waals surface area contributed by atoms with Crippen LogP contribution in [-0.2, 0) is 6.61 Å². The molecule has 1 N–H and O–H groups in total. The molecule has 0 aliphatic heterocycles. The van der Waals surface area contributed by atoms with Crippen molar-refractivity contribution >= 4 is 22.2 Å². The average Bonchev–Trinajstić information content (AvgIpc) is 2.83. The highest BCUT2D eigenvalue weighted by Crippen LogP contribution is 2.34. The third-order valence-corrected chi connectivity index (χ3v) is 3.76. The third kappa shape index (κ3) is 1.79. The molecule has 3 aromatic rings. The summed E-state index contributed by atoms with van der Waals surface area (Å²) in [6, 6.07) is 9.16. The quantitative estimate of drug-likeness (QED) is 0.763. The van der Waals surface area contributed by atoms with Gasteiger partial charge in [0.05, 0.1) is 12.1 Å². The normalized spacial score (nSPS) is 11.0. The number of pyridine rings is 1. The van der Waals surface area contributed by atoms with Gasteiger partial charge in [-0.15, -0.1) is 11.3 Å². The van der Waals surface area contributed by atoms with E-state index in [9.17, 15) is 9.50 Å². The van der Waals surface area contributed by atoms with Crippen molar-refractivity contribution in [2.75, 3.05) is 0 Å². The summed E-state index contributed by atoms with van der Waals surface area (Å²) in [5.74, 6) is -0.250. The summed E-state index contributed by atoms with van der Waals surface area (Å²) < 4.78 is 13.2. The van der Waals surface area contributed by atoms with Gasteiger partial charge in [-0.3, -0.25) is 4.98 Å². The molecule has 1 aromatic carbocycles. The maximum Gasteiger partial charge on any atom is 0.134 e. The minimum absolute atomic E-state index is 0.104. The maximum atomic E-state index is 13.2. The molecule has 3 rings (SSSR count). The summed E-state index contributed by atoms with van der Waals surface area (Å²) in [7, 11) is 0. The van der Waals surface area contributed by atoms with E-state index in [1.165, 1.54) is 22.8 Å². The van der Waals surface area contributed by atoms with Gasteiger partial charge in [-0.1, -0.05) is 18.2 Å². The molecule has 90 valence electrons. The van der Waals surface area contributed by atoms with Crippen LogP contribution in [0.4, 0.5) is 4.39 Å². The number of halogens is 1. The fourth-order valence-electron chi connectivity index (χ4n) is 2.04. The largest absolute Gasteiger partial charge is 0.392 e. The van der Waals surface area contributed by atoms with Gasteiger partial charge in [0.15, 0.2) is 0 Å². The van der Waals surface area contributed by atoms with Crippen molar-refractivity contribution in [1.29, 1.82) is 0 Å². The molecule has 0 fully saturated rings. The molecule has 0 radical (unpaired) electrons. The molecule has 0 spiro atoms. The van der Waals surface area contributed by atoms with Gasteiger partial charge in [0.25, 0.3) is 0 Å². The molecule has 2 heterocycles. The highest BCUT2D eigenvalue weighted by molar-refractivity contribution is 7.13. The minimum atomic E-state index is -0.250. The number of aliphatic hydroxyl groups is 1. The van der Waals surface area contributed by atoms with Gasteiger partial charge in [0.2, 0.25) is 0 Å². The number of rotatable bonds is 2. The molecule has 0 atom stereocenters. The second kappa shape index (κ2) is 4.48. The lowest BCUT2D eigenvalue weighted by molar-refractivity contribution is 0.282. The van der Waals surface area contributed by atoms with E-state index in [2.05, 4.69) is 4.98 Å². The van der Waals surface area contributed by atoms with E-state index in [0.29, 0.717) is 0 Å². The molecule has 0 bridgehead atoms. The van der Waals surface area contributed by atoms with Crippen molar-refractivity contribution in [3.63, 3.8) is 0 Å². The molecular weight excluding hydrogens is 249 g/mol. The molecular formula is C14H10FNOS. The number of benzene rings is 1. The van der Waals surface area contributed by atoms with Crippen LogP contribution in [-0.4, -0.2) is 10.1 Å². The number of aromatic nitrogens is 1. The topological polar surface area (TPSA) is 33.1 Å². The summed E-state index contributed by atoms with van der Waals surface area (Å²) in [5.41, 5.74) is 2.44. The number of fused-ring (bicyclic) bond motifs is 1. The summed E-state index contributed by atoms with van der Waals surface area (Å²) in [4.78, 5) is 5.11. The second-order valence-electron chi connectivity index (χ2n) is 3.96. The van der Waals surface area contributed by atoms with E-state index in [-0.39, 0.29) is 12.4 Å². The Morgan fingerprint density at radius 2 is 2.11 bits per heavy atom. The first-order valence-corrected chi connectivity index (χ1v) is 6.39. The number of nitrogens with zero attached hydrogens (tertiary/aromatic N) is 1. The summed E-state index contributed by atoms with van der Waals surface area (Å²) >= 11 is 1.33. The van der Waals surface area contributed by atoms with E-state index in [0.717, 1.165) is 26.9 Å².